The van der Waals surface area contributed by atoms with Crippen molar-refractivity contribution in [1.82, 2.24) is 0 Å². The monoisotopic (exact) mass is 383 g/mol. The van der Waals surface area contributed by atoms with Gasteiger partial charge in [-0.2, -0.15) is 0 Å². The number of nitrogens with one attached hydrogen (secondary N) is 1. The zero-order valence-electron chi connectivity index (χ0n) is 15.1. The van der Waals surface area contributed by atoms with Gasteiger partial charge in [-0.15, -0.1) is 22.7 Å². The summed E-state index contributed by atoms with van der Waals surface area (Å²) in [5, 5.41) is 11.3. The van der Waals surface area contributed by atoms with Crippen LogP contribution in [-0.2, 0) is 0 Å². The van der Waals surface area contributed by atoms with E-state index in [0.717, 1.165) is 5.69 Å². The van der Waals surface area contributed by atoms with Gasteiger partial charge < -0.3 is 5.32 Å². The standard InChI is InChI=1S/C24H17NS2/c1-13-3-4-14-9-19-21(11-16(14)7-13)26-24-20-10-15-5-6-18(25-2)8-17(15)12-22(20)27-23(19)24/h3-12,25H,1-2H3. The summed E-state index contributed by atoms with van der Waals surface area (Å²) in [6.45, 7) is 2.16. The minimum Gasteiger partial charge on any atom is -0.388 e. The number of benzene rings is 4. The van der Waals surface area contributed by atoms with Gasteiger partial charge in [-0.05, 0) is 64.9 Å². The lowest BCUT2D eigenvalue weighted by molar-refractivity contribution is 1.51. The van der Waals surface area contributed by atoms with Gasteiger partial charge in [0.2, 0.25) is 0 Å². The first kappa shape index (κ1) is 15.4. The normalized spacial score (nSPS) is 12.1. The number of aryl methyl sites for hydroxylation is 1. The van der Waals surface area contributed by atoms with Crippen LogP contribution in [-0.4, -0.2) is 7.05 Å². The molecule has 0 saturated carbocycles. The minimum absolute atomic E-state index is 1.16. The fraction of sp³-hybridized carbons (Fsp3) is 0.0833. The van der Waals surface area contributed by atoms with E-state index in [2.05, 4.69) is 72.9 Å². The molecule has 3 heteroatoms. The Kier molecular flexibility index (Phi) is 3.11. The molecule has 0 saturated heterocycles. The quantitative estimate of drug-likeness (QED) is 0.304. The second kappa shape index (κ2) is 5.44. The van der Waals surface area contributed by atoms with Crippen LogP contribution in [0.5, 0.6) is 0 Å². The van der Waals surface area contributed by atoms with Crippen molar-refractivity contribution in [3.05, 3.63) is 66.2 Å². The zero-order valence-corrected chi connectivity index (χ0v) is 16.7. The van der Waals surface area contributed by atoms with Gasteiger partial charge in [0.1, 0.15) is 0 Å². The van der Waals surface area contributed by atoms with Crippen molar-refractivity contribution >= 4 is 79.5 Å². The van der Waals surface area contributed by atoms with E-state index in [1.807, 2.05) is 29.7 Å². The third-order valence-corrected chi connectivity index (χ3v) is 7.94. The summed E-state index contributed by atoms with van der Waals surface area (Å²) in [6, 6.07) is 22.8. The molecule has 2 heterocycles. The molecule has 27 heavy (non-hydrogen) atoms. The molecule has 2 aromatic heterocycles. The first-order valence-electron chi connectivity index (χ1n) is 9.10. The van der Waals surface area contributed by atoms with Gasteiger partial charge in [0.15, 0.2) is 0 Å². The zero-order chi connectivity index (χ0) is 18.1. The van der Waals surface area contributed by atoms with E-state index >= 15 is 0 Å². The molecule has 0 atom stereocenters. The maximum absolute atomic E-state index is 3.24. The molecule has 0 unspecified atom stereocenters. The summed E-state index contributed by atoms with van der Waals surface area (Å²) in [5.74, 6) is 0. The van der Waals surface area contributed by atoms with Crippen LogP contribution in [0.4, 0.5) is 5.69 Å². The van der Waals surface area contributed by atoms with Gasteiger partial charge in [-0.1, -0.05) is 29.8 Å². The van der Waals surface area contributed by atoms with Crippen molar-refractivity contribution in [2.45, 2.75) is 6.92 Å². The molecule has 6 rings (SSSR count). The summed E-state index contributed by atoms with van der Waals surface area (Å²) in [5.41, 5.74) is 2.48. The SMILES string of the molecule is CNc1ccc2cc3c(cc2c1)sc1c2cc4ccc(C)cc4cc2sc31. The summed E-state index contributed by atoms with van der Waals surface area (Å²) in [4.78, 5) is 0. The van der Waals surface area contributed by atoms with Crippen LogP contribution in [0.15, 0.2) is 60.7 Å². The molecule has 4 aromatic carbocycles. The Morgan fingerprint density at radius 2 is 1.22 bits per heavy atom. The number of hydrogen-bond donors (Lipinski definition) is 1. The third-order valence-electron chi connectivity index (χ3n) is 5.44. The molecule has 6 aromatic rings. The van der Waals surface area contributed by atoms with Crippen molar-refractivity contribution < 1.29 is 0 Å². The summed E-state index contributed by atoms with van der Waals surface area (Å²) >= 11 is 3.86. The van der Waals surface area contributed by atoms with E-state index in [9.17, 15) is 0 Å². The van der Waals surface area contributed by atoms with Crippen LogP contribution in [0.2, 0.25) is 0 Å². The van der Waals surface area contributed by atoms with E-state index in [1.165, 1.54) is 56.7 Å². The van der Waals surface area contributed by atoms with Crippen LogP contribution in [0, 0.1) is 6.92 Å². The van der Waals surface area contributed by atoms with E-state index < -0.39 is 0 Å². The first-order chi connectivity index (χ1) is 13.2. The van der Waals surface area contributed by atoms with Crippen molar-refractivity contribution in [2.24, 2.45) is 0 Å². The van der Waals surface area contributed by atoms with Gasteiger partial charge in [0.25, 0.3) is 0 Å². The maximum Gasteiger partial charge on any atom is 0.0542 e. The van der Waals surface area contributed by atoms with E-state index in [-0.39, 0.29) is 0 Å². The molecular formula is C24H17NS2. The first-order valence-corrected chi connectivity index (χ1v) is 10.7. The fourth-order valence-electron chi connectivity index (χ4n) is 4.02. The van der Waals surface area contributed by atoms with Gasteiger partial charge in [-0.25, -0.2) is 0 Å². The summed E-state index contributed by atoms with van der Waals surface area (Å²) < 4.78 is 5.62. The predicted octanol–water partition coefficient (Wildman–Crippen LogP) is 7.93. The third kappa shape index (κ3) is 2.22. The second-order valence-electron chi connectivity index (χ2n) is 7.22. The number of thiophene rings is 2. The van der Waals surface area contributed by atoms with Gasteiger partial charge >= 0.3 is 0 Å². The molecule has 0 fully saturated rings. The summed E-state index contributed by atoms with van der Waals surface area (Å²) in [7, 11) is 1.97. The molecule has 0 aliphatic heterocycles. The Bertz CT molecular complexity index is 1520. The van der Waals surface area contributed by atoms with Crippen molar-refractivity contribution in [3.8, 4) is 0 Å². The van der Waals surface area contributed by atoms with E-state index in [1.54, 1.807) is 0 Å². The molecule has 0 spiro atoms. The minimum atomic E-state index is 1.16. The Labute approximate surface area is 164 Å². The largest absolute Gasteiger partial charge is 0.388 e. The van der Waals surface area contributed by atoms with Crippen LogP contribution < -0.4 is 5.32 Å². The Morgan fingerprint density at radius 3 is 1.85 bits per heavy atom. The number of fused-ring (bicyclic) bond motifs is 7. The molecule has 0 aliphatic rings. The topological polar surface area (TPSA) is 12.0 Å². The Hall–Kier alpha value is -2.62. The van der Waals surface area contributed by atoms with Crippen LogP contribution in [0.25, 0.3) is 51.1 Å². The van der Waals surface area contributed by atoms with Gasteiger partial charge in [-0.3, -0.25) is 0 Å². The molecule has 0 aliphatic carbocycles. The summed E-state index contributed by atoms with van der Waals surface area (Å²) in [6.07, 6.45) is 0. The fourth-order valence-corrected chi connectivity index (χ4v) is 6.72. The number of anilines is 1. The molecule has 0 bridgehead atoms. The smallest absolute Gasteiger partial charge is 0.0542 e. The molecule has 1 N–H and O–H groups in total. The van der Waals surface area contributed by atoms with Crippen molar-refractivity contribution in [3.63, 3.8) is 0 Å². The highest BCUT2D eigenvalue weighted by atomic mass is 32.1. The van der Waals surface area contributed by atoms with Gasteiger partial charge in [0.05, 0.1) is 9.40 Å². The average molecular weight is 384 g/mol. The second-order valence-corrected chi connectivity index (χ2v) is 9.33. The van der Waals surface area contributed by atoms with Crippen LogP contribution in [0.3, 0.4) is 0 Å². The molecular weight excluding hydrogens is 366 g/mol. The van der Waals surface area contributed by atoms with Crippen molar-refractivity contribution in [1.29, 1.82) is 0 Å². The van der Waals surface area contributed by atoms with Gasteiger partial charge in [0, 0.05) is 32.9 Å². The average Bonchev–Trinajstić information content (AvgIpc) is 3.19. The number of hydrogen-bond acceptors (Lipinski definition) is 3. The lowest BCUT2D eigenvalue weighted by Gasteiger charge is -2.03. The highest BCUT2D eigenvalue weighted by Crippen LogP contribution is 2.46. The van der Waals surface area contributed by atoms with E-state index in [0.29, 0.717) is 0 Å². The maximum atomic E-state index is 3.24. The van der Waals surface area contributed by atoms with Crippen LogP contribution in [0.1, 0.15) is 5.56 Å². The number of rotatable bonds is 1. The molecule has 1 nitrogen and oxygen atoms in total. The van der Waals surface area contributed by atoms with Crippen LogP contribution >= 0.6 is 22.7 Å². The Balaban J connectivity index is 1.71. The Morgan fingerprint density at radius 1 is 0.630 bits per heavy atom. The van der Waals surface area contributed by atoms with Crippen molar-refractivity contribution in [2.75, 3.05) is 12.4 Å². The lowest BCUT2D eigenvalue weighted by atomic mass is 10.1. The molecule has 130 valence electrons. The molecule has 0 radical (unpaired) electrons. The highest BCUT2D eigenvalue weighted by molar-refractivity contribution is 7.36. The lowest BCUT2D eigenvalue weighted by Crippen LogP contribution is -1.86. The highest BCUT2D eigenvalue weighted by Gasteiger charge is 2.14. The molecule has 0 amide bonds. The van der Waals surface area contributed by atoms with E-state index in [4.69, 9.17) is 0 Å². The predicted molar refractivity (Wildman–Crippen MR) is 124 cm³/mol.